The first-order valence-corrected chi connectivity index (χ1v) is 6.63. The van der Waals surface area contributed by atoms with Crippen molar-refractivity contribution < 1.29 is 9.53 Å². The van der Waals surface area contributed by atoms with Crippen LogP contribution in [0.1, 0.15) is 46.0 Å². The van der Waals surface area contributed by atoms with E-state index in [1.54, 1.807) is 6.92 Å². The lowest BCUT2D eigenvalue weighted by Crippen LogP contribution is -2.34. The second-order valence-electron chi connectivity index (χ2n) is 4.97. The van der Waals surface area contributed by atoms with Crippen molar-refractivity contribution in [2.45, 2.75) is 52.0 Å². The summed E-state index contributed by atoms with van der Waals surface area (Å²) in [5, 5.41) is 3.48. The van der Waals surface area contributed by atoms with Gasteiger partial charge in [0.05, 0.1) is 7.11 Å². The van der Waals surface area contributed by atoms with Gasteiger partial charge in [-0.25, -0.2) is 4.79 Å². The Kier molecular flexibility index (Phi) is 6.27. The Morgan fingerprint density at radius 1 is 1.41 bits per heavy atom. The molecule has 0 aliphatic heterocycles. The number of nitrogens with one attached hydrogen (secondary N) is 1. The summed E-state index contributed by atoms with van der Waals surface area (Å²) < 4.78 is 4.65. The number of ether oxygens (including phenoxy) is 1. The van der Waals surface area contributed by atoms with Gasteiger partial charge in [0.25, 0.3) is 0 Å². The van der Waals surface area contributed by atoms with Gasteiger partial charge < -0.3 is 10.1 Å². The number of carbonyl (C=O) groups excluding carboxylic acids is 1. The molecule has 0 aromatic carbocycles. The molecule has 0 amide bonds. The summed E-state index contributed by atoms with van der Waals surface area (Å²) in [4.78, 5) is 11.2. The lowest BCUT2D eigenvalue weighted by molar-refractivity contribution is -0.136. The number of hydrogen-bond acceptors (Lipinski definition) is 3. The molecule has 1 atom stereocenters. The quantitative estimate of drug-likeness (QED) is 0.592. The van der Waals surface area contributed by atoms with Gasteiger partial charge >= 0.3 is 5.97 Å². The summed E-state index contributed by atoms with van der Waals surface area (Å²) in [5.74, 6) is 0.563. The molecule has 1 saturated carbocycles. The van der Waals surface area contributed by atoms with Gasteiger partial charge in [0.1, 0.15) is 0 Å². The zero-order chi connectivity index (χ0) is 12.7. The molecule has 0 aromatic rings. The van der Waals surface area contributed by atoms with E-state index in [0.717, 1.165) is 12.5 Å². The van der Waals surface area contributed by atoms with E-state index >= 15 is 0 Å². The van der Waals surface area contributed by atoms with Gasteiger partial charge in [-0.3, -0.25) is 0 Å². The Balaban J connectivity index is 2.27. The van der Waals surface area contributed by atoms with Gasteiger partial charge in [-0.05, 0) is 32.6 Å². The normalized spacial score (nSPS) is 20.1. The summed E-state index contributed by atoms with van der Waals surface area (Å²) in [5.41, 5.74) is 0.677. The van der Waals surface area contributed by atoms with E-state index in [2.05, 4.69) is 17.0 Å². The van der Waals surface area contributed by atoms with E-state index in [-0.39, 0.29) is 5.97 Å². The van der Waals surface area contributed by atoms with E-state index in [0.29, 0.717) is 11.6 Å². The second kappa shape index (κ2) is 7.49. The number of methoxy groups -OCH3 is 1. The number of esters is 1. The summed E-state index contributed by atoms with van der Waals surface area (Å²) >= 11 is 0. The zero-order valence-corrected chi connectivity index (χ0v) is 11.3. The average Bonchev–Trinajstić information content (AvgIpc) is 2.38. The number of hydrogen-bond donors (Lipinski definition) is 1. The predicted molar refractivity (Wildman–Crippen MR) is 69.8 cm³/mol. The van der Waals surface area contributed by atoms with Gasteiger partial charge in [-0.15, -0.1) is 0 Å². The van der Waals surface area contributed by atoms with Gasteiger partial charge in [-0.2, -0.15) is 0 Å². The van der Waals surface area contributed by atoms with Crippen molar-refractivity contribution in [1.82, 2.24) is 5.32 Å². The minimum Gasteiger partial charge on any atom is -0.466 e. The highest BCUT2D eigenvalue weighted by Crippen LogP contribution is 2.26. The van der Waals surface area contributed by atoms with Gasteiger partial charge in [-0.1, -0.05) is 25.3 Å². The maximum atomic E-state index is 11.2. The molecular formula is C14H25NO2. The average molecular weight is 239 g/mol. The highest BCUT2D eigenvalue weighted by Gasteiger charge is 2.18. The molecule has 0 bridgehead atoms. The molecule has 0 aromatic heterocycles. The van der Waals surface area contributed by atoms with Gasteiger partial charge in [0, 0.05) is 18.2 Å². The van der Waals surface area contributed by atoms with Crippen LogP contribution >= 0.6 is 0 Å². The monoisotopic (exact) mass is 239 g/mol. The fourth-order valence-electron chi connectivity index (χ4n) is 2.44. The largest absolute Gasteiger partial charge is 0.466 e. The van der Waals surface area contributed by atoms with Gasteiger partial charge in [0.2, 0.25) is 0 Å². The molecule has 0 saturated heterocycles. The SMILES string of the molecule is COC(=O)C(C)=CCN[C@H](C)C1CCCCC1. The van der Waals surface area contributed by atoms with Crippen molar-refractivity contribution in [3.05, 3.63) is 11.6 Å². The van der Waals surface area contributed by atoms with Crippen LogP contribution in [-0.4, -0.2) is 25.7 Å². The summed E-state index contributed by atoms with van der Waals surface area (Å²) in [7, 11) is 1.41. The second-order valence-corrected chi connectivity index (χ2v) is 4.97. The molecule has 1 aliphatic rings. The number of rotatable bonds is 5. The van der Waals surface area contributed by atoms with Crippen LogP contribution in [-0.2, 0) is 9.53 Å². The van der Waals surface area contributed by atoms with Gasteiger partial charge in [0.15, 0.2) is 0 Å². The molecule has 98 valence electrons. The maximum Gasteiger partial charge on any atom is 0.333 e. The first-order chi connectivity index (χ1) is 8.15. The molecule has 1 rings (SSSR count). The zero-order valence-electron chi connectivity index (χ0n) is 11.3. The third kappa shape index (κ3) is 4.90. The van der Waals surface area contributed by atoms with E-state index in [1.165, 1.54) is 39.2 Å². The molecule has 3 nitrogen and oxygen atoms in total. The van der Waals surface area contributed by atoms with Crippen LogP contribution in [0, 0.1) is 5.92 Å². The van der Waals surface area contributed by atoms with Crippen molar-refractivity contribution in [3.63, 3.8) is 0 Å². The molecular weight excluding hydrogens is 214 g/mol. The molecule has 0 radical (unpaired) electrons. The van der Waals surface area contributed by atoms with Crippen LogP contribution in [0.5, 0.6) is 0 Å². The summed E-state index contributed by atoms with van der Waals surface area (Å²) in [6.07, 6.45) is 8.72. The number of carbonyl (C=O) groups is 1. The van der Waals surface area contributed by atoms with E-state index in [1.807, 2.05) is 6.08 Å². The smallest absolute Gasteiger partial charge is 0.333 e. The molecule has 3 heteroatoms. The van der Waals surface area contributed by atoms with Crippen LogP contribution in [0.3, 0.4) is 0 Å². The van der Waals surface area contributed by atoms with Crippen LogP contribution < -0.4 is 5.32 Å². The van der Waals surface area contributed by atoms with Crippen molar-refractivity contribution in [1.29, 1.82) is 0 Å². The van der Waals surface area contributed by atoms with Crippen molar-refractivity contribution in [2.75, 3.05) is 13.7 Å². The Hall–Kier alpha value is -0.830. The minimum atomic E-state index is -0.239. The topological polar surface area (TPSA) is 38.3 Å². The maximum absolute atomic E-state index is 11.2. The van der Waals surface area contributed by atoms with E-state index in [4.69, 9.17) is 0 Å². The van der Waals surface area contributed by atoms with Crippen molar-refractivity contribution >= 4 is 5.97 Å². The fourth-order valence-corrected chi connectivity index (χ4v) is 2.44. The lowest BCUT2D eigenvalue weighted by atomic mass is 9.84. The molecule has 0 spiro atoms. The van der Waals surface area contributed by atoms with Crippen LogP contribution in [0.15, 0.2) is 11.6 Å². The molecule has 1 aliphatic carbocycles. The first kappa shape index (κ1) is 14.2. The Labute approximate surface area is 105 Å². The fraction of sp³-hybridized carbons (Fsp3) is 0.786. The minimum absolute atomic E-state index is 0.239. The van der Waals surface area contributed by atoms with Crippen LogP contribution in [0.4, 0.5) is 0 Å². The van der Waals surface area contributed by atoms with Crippen LogP contribution in [0.2, 0.25) is 0 Å². The molecule has 0 unspecified atom stereocenters. The Bertz CT molecular complexity index is 267. The molecule has 17 heavy (non-hydrogen) atoms. The summed E-state index contributed by atoms with van der Waals surface area (Å²) in [6.45, 7) is 4.79. The van der Waals surface area contributed by atoms with Crippen molar-refractivity contribution in [3.8, 4) is 0 Å². The van der Waals surface area contributed by atoms with Crippen molar-refractivity contribution in [2.24, 2.45) is 5.92 Å². The predicted octanol–water partition coefficient (Wildman–Crippen LogP) is 2.66. The molecule has 1 fully saturated rings. The highest BCUT2D eigenvalue weighted by molar-refractivity contribution is 5.87. The van der Waals surface area contributed by atoms with E-state index < -0.39 is 0 Å². The molecule has 1 N–H and O–H groups in total. The third-order valence-corrected chi connectivity index (χ3v) is 3.71. The first-order valence-electron chi connectivity index (χ1n) is 6.63. The highest BCUT2D eigenvalue weighted by atomic mass is 16.5. The Morgan fingerprint density at radius 2 is 2.06 bits per heavy atom. The molecule has 0 heterocycles. The third-order valence-electron chi connectivity index (χ3n) is 3.71. The Morgan fingerprint density at radius 3 is 2.65 bits per heavy atom. The lowest BCUT2D eigenvalue weighted by Gasteiger charge is -2.28. The van der Waals surface area contributed by atoms with E-state index in [9.17, 15) is 4.79 Å². The van der Waals surface area contributed by atoms with Crippen LogP contribution in [0.25, 0.3) is 0 Å². The summed E-state index contributed by atoms with van der Waals surface area (Å²) in [6, 6.07) is 0.539. The standard InChI is InChI=1S/C14H25NO2/c1-11(14(16)17-3)9-10-15-12(2)13-7-5-4-6-8-13/h9,12-13,15H,4-8,10H2,1-3H3/t12-/m1/s1.